The van der Waals surface area contributed by atoms with Crippen molar-refractivity contribution in [2.24, 2.45) is 0 Å². The van der Waals surface area contributed by atoms with Gasteiger partial charge in [0.2, 0.25) is 0 Å². The maximum atomic E-state index is 13.5. The van der Waals surface area contributed by atoms with Crippen LogP contribution >= 0.6 is 11.6 Å². The molecule has 0 radical (unpaired) electrons. The van der Waals surface area contributed by atoms with E-state index in [4.69, 9.17) is 11.6 Å². The molecule has 0 spiro atoms. The summed E-state index contributed by atoms with van der Waals surface area (Å²) in [7, 11) is 0. The van der Waals surface area contributed by atoms with E-state index in [1.165, 1.54) is 11.8 Å². The van der Waals surface area contributed by atoms with Gasteiger partial charge in [0.1, 0.15) is 5.82 Å². The third-order valence-electron chi connectivity index (χ3n) is 3.15. The van der Waals surface area contributed by atoms with E-state index < -0.39 is 0 Å². The van der Waals surface area contributed by atoms with Crippen LogP contribution in [0.15, 0.2) is 24.3 Å². The number of rotatable bonds is 6. The molecule has 0 aliphatic carbocycles. The van der Waals surface area contributed by atoms with Crippen molar-refractivity contribution < 1.29 is 4.39 Å². The molecule has 0 saturated carbocycles. The Kier molecular flexibility index (Phi) is 5.15. The summed E-state index contributed by atoms with van der Waals surface area (Å²) in [5.41, 5.74) is 2.81. The molecule has 0 aliphatic heterocycles. The number of benzene rings is 1. The maximum absolute atomic E-state index is 13.5. The van der Waals surface area contributed by atoms with Crippen molar-refractivity contribution in [2.75, 3.05) is 6.54 Å². The highest BCUT2D eigenvalue weighted by Crippen LogP contribution is 2.14. The first-order chi connectivity index (χ1) is 9.56. The van der Waals surface area contributed by atoms with Gasteiger partial charge in [-0.15, -0.1) is 0 Å². The van der Waals surface area contributed by atoms with Gasteiger partial charge in [0.15, 0.2) is 0 Å². The van der Waals surface area contributed by atoms with Crippen molar-refractivity contribution in [1.29, 1.82) is 0 Å². The topological polar surface area (TPSA) is 29.9 Å². The fraction of sp³-hybridized carbons (Fsp3) is 0.400. The van der Waals surface area contributed by atoms with Gasteiger partial charge in [-0.2, -0.15) is 5.10 Å². The highest BCUT2D eigenvalue weighted by atomic mass is 35.5. The molecule has 1 aromatic heterocycles. The lowest BCUT2D eigenvalue weighted by Gasteiger charge is -2.07. The van der Waals surface area contributed by atoms with Crippen LogP contribution in [0.25, 0.3) is 0 Å². The Morgan fingerprint density at radius 2 is 2.10 bits per heavy atom. The average Bonchev–Trinajstić information content (AvgIpc) is 2.71. The third-order valence-corrected chi connectivity index (χ3v) is 3.39. The van der Waals surface area contributed by atoms with Crippen molar-refractivity contribution in [2.45, 2.75) is 33.4 Å². The average molecular weight is 296 g/mol. The van der Waals surface area contributed by atoms with Gasteiger partial charge in [-0.3, -0.25) is 4.68 Å². The monoisotopic (exact) mass is 295 g/mol. The van der Waals surface area contributed by atoms with Gasteiger partial charge >= 0.3 is 0 Å². The Hall–Kier alpha value is -1.39. The van der Waals surface area contributed by atoms with E-state index in [9.17, 15) is 4.39 Å². The molecule has 3 nitrogen and oxygen atoms in total. The molecule has 2 rings (SSSR count). The number of hydrogen-bond acceptors (Lipinski definition) is 2. The van der Waals surface area contributed by atoms with Gasteiger partial charge in [-0.05, 0) is 51.1 Å². The summed E-state index contributed by atoms with van der Waals surface area (Å²) in [5, 5.41) is 8.19. The molecule has 1 N–H and O–H groups in total. The molecule has 0 bridgehead atoms. The van der Waals surface area contributed by atoms with Gasteiger partial charge in [-0.1, -0.05) is 11.6 Å². The molecular formula is C15H19ClFN3. The molecule has 1 heterocycles. The Morgan fingerprint density at radius 3 is 2.80 bits per heavy atom. The predicted molar refractivity (Wildman–Crippen MR) is 79.4 cm³/mol. The first-order valence-electron chi connectivity index (χ1n) is 6.72. The number of nitrogens with zero attached hydrogens (tertiary/aromatic N) is 2. The Balaban J connectivity index is 1.74. The molecule has 108 valence electrons. The Labute approximate surface area is 123 Å². The SMILES string of the molecule is Cc1cc(C)n(CCCNCc2cc(Cl)ccc2F)n1. The van der Waals surface area contributed by atoms with Gasteiger partial charge in [0.05, 0.1) is 5.69 Å². The third kappa shape index (κ3) is 4.05. The minimum atomic E-state index is -0.222. The van der Waals surface area contributed by atoms with E-state index in [1.807, 2.05) is 11.6 Å². The van der Waals surface area contributed by atoms with Crippen LogP contribution in [-0.2, 0) is 13.1 Å². The van der Waals surface area contributed by atoms with E-state index in [2.05, 4.69) is 23.4 Å². The van der Waals surface area contributed by atoms with Gasteiger partial charge in [0.25, 0.3) is 0 Å². The molecular weight excluding hydrogens is 277 g/mol. The Morgan fingerprint density at radius 1 is 1.30 bits per heavy atom. The lowest BCUT2D eigenvalue weighted by Crippen LogP contribution is -2.18. The molecule has 20 heavy (non-hydrogen) atoms. The van der Waals surface area contributed by atoms with Crippen LogP contribution < -0.4 is 5.32 Å². The quantitative estimate of drug-likeness (QED) is 0.827. The summed E-state index contributed by atoms with van der Waals surface area (Å²) in [6.45, 7) is 6.21. The van der Waals surface area contributed by atoms with Gasteiger partial charge in [-0.25, -0.2) is 4.39 Å². The van der Waals surface area contributed by atoms with Crippen LogP contribution in [0.1, 0.15) is 23.4 Å². The molecule has 0 aliphatic rings. The minimum absolute atomic E-state index is 0.222. The van der Waals surface area contributed by atoms with E-state index in [0.29, 0.717) is 17.1 Å². The van der Waals surface area contributed by atoms with E-state index >= 15 is 0 Å². The lowest BCUT2D eigenvalue weighted by atomic mass is 10.2. The second-order valence-corrected chi connectivity index (χ2v) is 5.35. The fourth-order valence-electron chi connectivity index (χ4n) is 2.16. The largest absolute Gasteiger partial charge is 0.312 e. The Bertz CT molecular complexity index is 580. The lowest BCUT2D eigenvalue weighted by molar-refractivity contribution is 0.525. The van der Waals surface area contributed by atoms with Crippen molar-refractivity contribution in [1.82, 2.24) is 15.1 Å². The molecule has 0 amide bonds. The molecule has 5 heteroatoms. The van der Waals surface area contributed by atoms with Crippen molar-refractivity contribution >= 4 is 11.6 Å². The van der Waals surface area contributed by atoms with Crippen LogP contribution in [0, 0.1) is 19.7 Å². The summed E-state index contributed by atoms with van der Waals surface area (Å²) < 4.78 is 15.5. The van der Waals surface area contributed by atoms with E-state index in [-0.39, 0.29) is 5.82 Å². The van der Waals surface area contributed by atoms with Crippen LogP contribution in [-0.4, -0.2) is 16.3 Å². The van der Waals surface area contributed by atoms with Crippen LogP contribution in [0.4, 0.5) is 4.39 Å². The predicted octanol–water partition coefficient (Wildman–Crippen LogP) is 3.47. The smallest absolute Gasteiger partial charge is 0.127 e. The summed E-state index contributed by atoms with van der Waals surface area (Å²) in [5.74, 6) is -0.222. The van der Waals surface area contributed by atoms with Crippen molar-refractivity contribution in [3.8, 4) is 0 Å². The highest BCUT2D eigenvalue weighted by Gasteiger charge is 2.03. The number of aromatic nitrogens is 2. The zero-order valence-electron chi connectivity index (χ0n) is 11.8. The van der Waals surface area contributed by atoms with Gasteiger partial charge < -0.3 is 5.32 Å². The van der Waals surface area contributed by atoms with Crippen LogP contribution in [0.5, 0.6) is 0 Å². The number of nitrogens with one attached hydrogen (secondary N) is 1. The standard InChI is InChI=1S/C15H19ClFN3/c1-11-8-12(2)20(19-11)7-3-6-18-10-13-9-14(16)4-5-15(13)17/h4-5,8-9,18H,3,6-7,10H2,1-2H3. The molecule has 0 saturated heterocycles. The van der Waals surface area contributed by atoms with Crippen LogP contribution in [0.2, 0.25) is 5.02 Å². The van der Waals surface area contributed by atoms with E-state index in [0.717, 1.165) is 25.2 Å². The summed E-state index contributed by atoms with van der Waals surface area (Å²) in [6.07, 6.45) is 0.949. The molecule has 0 unspecified atom stereocenters. The number of halogens is 2. The first kappa shape index (κ1) is 15.0. The second-order valence-electron chi connectivity index (χ2n) is 4.92. The summed E-state index contributed by atoms with van der Waals surface area (Å²) in [4.78, 5) is 0. The zero-order valence-corrected chi connectivity index (χ0v) is 12.5. The van der Waals surface area contributed by atoms with Crippen molar-refractivity contribution in [3.05, 3.63) is 52.1 Å². The minimum Gasteiger partial charge on any atom is -0.312 e. The highest BCUT2D eigenvalue weighted by molar-refractivity contribution is 6.30. The summed E-state index contributed by atoms with van der Waals surface area (Å²) >= 11 is 5.85. The molecule has 0 atom stereocenters. The van der Waals surface area contributed by atoms with Crippen LogP contribution in [0.3, 0.4) is 0 Å². The molecule has 1 aromatic carbocycles. The normalized spacial score (nSPS) is 11.0. The van der Waals surface area contributed by atoms with Gasteiger partial charge in [0, 0.05) is 29.4 Å². The number of hydrogen-bond donors (Lipinski definition) is 1. The second kappa shape index (κ2) is 6.86. The summed E-state index contributed by atoms with van der Waals surface area (Å²) in [6, 6.07) is 6.68. The maximum Gasteiger partial charge on any atom is 0.127 e. The number of aryl methyl sites for hydroxylation is 3. The zero-order chi connectivity index (χ0) is 14.5. The fourth-order valence-corrected chi connectivity index (χ4v) is 2.35. The first-order valence-corrected chi connectivity index (χ1v) is 7.10. The van der Waals surface area contributed by atoms with E-state index in [1.54, 1.807) is 12.1 Å². The molecule has 0 fully saturated rings. The molecule has 2 aromatic rings. The van der Waals surface area contributed by atoms with Crippen molar-refractivity contribution in [3.63, 3.8) is 0 Å².